The van der Waals surface area contributed by atoms with Gasteiger partial charge in [0.25, 0.3) is 5.91 Å². The van der Waals surface area contributed by atoms with Crippen molar-refractivity contribution in [2.45, 2.75) is 32.4 Å². The zero-order valence-corrected chi connectivity index (χ0v) is 14.8. The number of nitrogens with zero attached hydrogens (tertiary/aromatic N) is 4. The number of rotatable bonds is 5. The molecule has 4 rings (SSSR count). The fourth-order valence-corrected chi connectivity index (χ4v) is 3.36. The highest BCUT2D eigenvalue weighted by Crippen LogP contribution is 2.18. The van der Waals surface area contributed by atoms with Crippen molar-refractivity contribution < 1.29 is 9.53 Å². The number of carbonyl (C=O) groups excluding carboxylic acids is 1. The van der Waals surface area contributed by atoms with Gasteiger partial charge in [0, 0.05) is 31.7 Å². The van der Waals surface area contributed by atoms with Crippen molar-refractivity contribution in [1.82, 2.24) is 19.3 Å². The fraction of sp³-hybridized carbons (Fsp3) is 0.350. The fourth-order valence-electron chi connectivity index (χ4n) is 3.36. The average Bonchev–Trinajstić information content (AvgIpc) is 3.32. The van der Waals surface area contributed by atoms with E-state index in [0.29, 0.717) is 18.8 Å². The first-order chi connectivity index (χ1) is 12.7. The summed E-state index contributed by atoms with van der Waals surface area (Å²) in [5, 5.41) is 0. The molecule has 6 heteroatoms. The van der Waals surface area contributed by atoms with Gasteiger partial charge in [0.05, 0.1) is 18.3 Å². The topological polar surface area (TPSA) is 59.7 Å². The van der Waals surface area contributed by atoms with Crippen molar-refractivity contribution in [3.63, 3.8) is 0 Å². The third kappa shape index (κ3) is 3.46. The summed E-state index contributed by atoms with van der Waals surface area (Å²) in [5.74, 6) is -0.0887. The van der Waals surface area contributed by atoms with E-state index in [4.69, 9.17) is 4.74 Å². The largest absolute Gasteiger partial charge is 0.376 e. The molecule has 26 heavy (non-hydrogen) atoms. The van der Waals surface area contributed by atoms with Crippen LogP contribution < -0.4 is 0 Å². The minimum absolute atomic E-state index is 0.0847. The number of aryl methyl sites for hydroxylation is 1. The Kier molecular flexibility index (Phi) is 4.67. The van der Waals surface area contributed by atoms with Crippen LogP contribution in [0.15, 0.2) is 48.9 Å². The molecule has 0 aromatic carbocycles. The van der Waals surface area contributed by atoms with Crippen LogP contribution in [0, 0.1) is 6.92 Å². The summed E-state index contributed by atoms with van der Waals surface area (Å²) in [5.41, 5.74) is 3.17. The van der Waals surface area contributed by atoms with E-state index in [1.54, 1.807) is 17.3 Å². The van der Waals surface area contributed by atoms with E-state index >= 15 is 0 Å². The van der Waals surface area contributed by atoms with E-state index in [9.17, 15) is 4.79 Å². The molecule has 0 unspecified atom stereocenters. The molecule has 134 valence electrons. The maximum Gasteiger partial charge on any atom is 0.274 e. The number of amides is 1. The van der Waals surface area contributed by atoms with Crippen LogP contribution in [0.2, 0.25) is 0 Å². The van der Waals surface area contributed by atoms with Crippen molar-refractivity contribution in [2.75, 3.05) is 13.2 Å². The Morgan fingerprint density at radius 3 is 3.00 bits per heavy atom. The van der Waals surface area contributed by atoms with Gasteiger partial charge in [0.1, 0.15) is 11.3 Å². The van der Waals surface area contributed by atoms with Crippen molar-refractivity contribution in [3.8, 4) is 0 Å². The van der Waals surface area contributed by atoms with Gasteiger partial charge in [-0.3, -0.25) is 9.78 Å². The Morgan fingerprint density at radius 1 is 1.35 bits per heavy atom. The van der Waals surface area contributed by atoms with Gasteiger partial charge in [-0.25, -0.2) is 4.98 Å². The van der Waals surface area contributed by atoms with Crippen LogP contribution in [0.5, 0.6) is 0 Å². The van der Waals surface area contributed by atoms with E-state index in [1.807, 2.05) is 47.9 Å². The number of carbonyl (C=O) groups is 1. The Bertz CT molecular complexity index is 901. The summed E-state index contributed by atoms with van der Waals surface area (Å²) >= 11 is 0. The van der Waals surface area contributed by atoms with Gasteiger partial charge in [-0.05, 0) is 43.5 Å². The van der Waals surface area contributed by atoms with Gasteiger partial charge in [0.2, 0.25) is 0 Å². The monoisotopic (exact) mass is 350 g/mol. The highest BCUT2D eigenvalue weighted by Gasteiger charge is 2.25. The Labute approximate surface area is 152 Å². The first kappa shape index (κ1) is 16.7. The van der Waals surface area contributed by atoms with Gasteiger partial charge in [-0.1, -0.05) is 12.1 Å². The minimum Gasteiger partial charge on any atom is -0.376 e. The lowest BCUT2D eigenvalue weighted by Crippen LogP contribution is -2.37. The minimum atomic E-state index is -0.0887. The van der Waals surface area contributed by atoms with E-state index < -0.39 is 0 Å². The molecule has 6 nitrogen and oxygen atoms in total. The quantitative estimate of drug-likeness (QED) is 0.710. The summed E-state index contributed by atoms with van der Waals surface area (Å²) in [4.78, 5) is 23.9. The number of ether oxygens (including phenoxy) is 1. The SMILES string of the molecule is Cc1cccn2cc(C(=O)N(Cc3ccccn3)C[C@@H]3CCCO3)nc12. The second-order valence-corrected chi connectivity index (χ2v) is 6.69. The molecule has 1 fully saturated rings. The van der Waals surface area contributed by atoms with Crippen molar-refractivity contribution in [2.24, 2.45) is 0 Å². The molecule has 0 radical (unpaired) electrons. The molecule has 4 heterocycles. The second-order valence-electron chi connectivity index (χ2n) is 6.69. The van der Waals surface area contributed by atoms with Gasteiger partial charge < -0.3 is 14.0 Å². The van der Waals surface area contributed by atoms with Crippen molar-refractivity contribution in [3.05, 3.63) is 65.9 Å². The molecule has 1 aliphatic rings. The van der Waals surface area contributed by atoms with Crippen LogP contribution in [-0.2, 0) is 11.3 Å². The number of pyridine rings is 2. The number of aromatic nitrogens is 3. The van der Waals surface area contributed by atoms with Crippen molar-refractivity contribution >= 4 is 11.6 Å². The predicted octanol–water partition coefficient (Wildman–Crippen LogP) is 2.86. The van der Waals surface area contributed by atoms with Crippen LogP contribution in [0.25, 0.3) is 5.65 Å². The standard InChI is InChI=1S/C20H22N4O2/c1-15-6-4-10-23-14-18(22-19(15)23)20(25)24(13-17-8-5-11-26-17)12-16-7-2-3-9-21-16/h2-4,6-7,9-10,14,17H,5,8,11-13H2,1H3/t17-/m0/s1. The maximum atomic E-state index is 13.2. The first-order valence-electron chi connectivity index (χ1n) is 8.96. The summed E-state index contributed by atoms with van der Waals surface area (Å²) in [6.07, 6.45) is 7.57. The summed E-state index contributed by atoms with van der Waals surface area (Å²) in [6, 6.07) is 9.69. The van der Waals surface area contributed by atoms with Crippen LogP contribution in [0.4, 0.5) is 0 Å². The highest BCUT2D eigenvalue weighted by atomic mass is 16.5. The number of imidazole rings is 1. The lowest BCUT2D eigenvalue weighted by Gasteiger charge is -2.24. The molecule has 3 aromatic rings. The van der Waals surface area contributed by atoms with Gasteiger partial charge >= 0.3 is 0 Å². The molecule has 0 saturated carbocycles. The van der Waals surface area contributed by atoms with Gasteiger partial charge in [-0.15, -0.1) is 0 Å². The molecular formula is C20H22N4O2. The number of fused-ring (bicyclic) bond motifs is 1. The third-order valence-electron chi connectivity index (χ3n) is 4.71. The highest BCUT2D eigenvalue weighted by molar-refractivity contribution is 5.93. The van der Waals surface area contributed by atoms with Crippen LogP contribution >= 0.6 is 0 Å². The van der Waals surface area contributed by atoms with Crippen molar-refractivity contribution in [1.29, 1.82) is 0 Å². The molecule has 0 N–H and O–H groups in total. The summed E-state index contributed by atoms with van der Waals surface area (Å²) < 4.78 is 7.64. The molecule has 1 amide bonds. The zero-order valence-electron chi connectivity index (χ0n) is 14.8. The van der Waals surface area contributed by atoms with Gasteiger partial charge in [0.15, 0.2) is 0 Å². The first-order valence-corrected chi connectivity index (χ1v) is 8.96. The summed E-state index contributed by atoms with van der Waals surface area (Å²) in [6.45, 7) is 3.77. The predicted molar refractivity (Wildman–Crippen MR) is 97.9 cm³/mol. The molecule has 1 aliphatic heterocycles. The molecular weight excluding hydrogens is 328 g/mol. The van der Waals surface area contributed by atoms with Gasteiger partial charge in [-0.2, -0.15) is 0 Å². The molecule has 0 bridgehead atoms. The third-order valence-corrected chi connectivity index (χ3v) is 4.71. The second kappa shape index (κ2) is 7.25. The maximum absolute atomic E-state index is 13.2. The Balaban J connectivity index is 1.62. The average molecular weight is 350 g/mol. The molecule has 0 aliphatic carbocycles. The molecule has 0 spiro atoms. The van der Waals surface area contributed by atoms with Crippen LogP contribution in [-0.4, -0.2) is 44.4 Å². The zero-order chi connectivity index (χ0) is 17.9. The van der Waals surface area contributed by atoms with E-state index in [0.717, 1.165) is 36.4 Å². The Hall–Kier alpha value is -2.73. The number of hydrogen-bond acceptors (Lipinski definition) is 4. The summed E-state index contributed by atoms with van der Waals surface area (Å²) in [7, 11) is 0. The smallest absolute Gasteiger partial charge is 0.274 e. The van der Waals surface area contributed by atoms with Crippen LogP contribution in [0.3, 0.4) is 0 Å². The molecule has 1 atom stereocenters. The lowest BCUT2D eigenvalue weighted by molar-refractivity contribution is 0.0500. The van der Waals surface area contributed by atoms with E-state index in [1.165, 1.54) is 0 Å². The molecule has 3 aromatic heterocycles. The van der Waals surface area contributed by atoms with E-state index in [2.05, 4.69) is 9.97 Å². The Morgan fingerprint density at radius 2 is 2.27 bits per heavy atom. The normalized spacial score (nSPS) is 16.9. The molecule has 1 saturated heterocycles. The lowest BCUT2D eigenvalue weighted by atomic mass is 10.2. The number of hydrogen-bond donors (Lipinski definition) is 0. The van der Waals surface area contributed by atoms with Crippen LogP contribution in [0.1, 0.15) is 34.6 Å². The van der Waals surface area contributed by atoms with E-state index in [-0.39, 0.29) is 12.0 Å².